The molecule has 20 heavy (non-hydrogen) atoms. The quantitative estimate of drug-likeness (QED) is 0.633. The smallest absolute Gasteiger partial charge is 0.345 e. The average Bonchev–Trinajstić information content (AvgIpc) is 2.47. The van der Waals surface area contributed by atoms with Gasteiger partial charge >= 0.3 is 5.97 Å². The second-order valence-electron chi connectivity index (χ2n) is 4.07. The van der Waals surface area contributed by atoms with Gasteiger partial charge in [-0.2, -0.15) is 0 Å². The van der Waals surface area contributed by atoms with Gasteiger partial charge in [0.1, 0.15) is 0 Å². The summed E-state index contributed by atoms with van der Waals surface area (Å²) < 4.78 is 15.7. The third-order valence-corrected chi connectivity index (χ3v) is 2.72. The second kappa shape index (κ2) is 6.06. The van der Waals surface area contributed by atoms with Crippen molar-refractivity contribution in [1.82, 2.24) is 4.98 Å². The predicted molar refractivity (Wildman–Crippen MR) is 73.5 cm³/mol. The number of aryl methyl sites for hydroxylation is 1. The number of benzene rings is 1. The van der Waals surface area contributed by atoms with Crippen LogP contribution in [0.2, 0.25) is 0 Å². The van der Waals surface area contributed by atoms with Gasteiger partial charge in [0.2, 0.25) is 5.75 Å². The summed E-state index contributed by atoms with van der Waals surface area (Å²) in [5.74, 6) is 0.685. The van der Waals surface area contributed by atoms with Crippen LogP contribution in [-0.2, 0) is 0 Å². The first kappa shape index (κ1) is 13.9. The first-order chi connectivity index (χ1) is 9.65. The molecule has 5 nitrogen and oxygen atoms in total. The number of hydrogen-bond donors (Lipinski definition) is 0. The first-order valence-corrected chi connectivity index (χ1v) is 6.01. The van der Waals surface area contributed by atoms with Crippen LogP contribution in [-0.4, -0.2) is 25.2 Å². The van der Waals surface area contributed by atoms with E-state index < -0.39 is 5.97 Å². The van der Waals surface area contributed by atoms with Crippen LogP contribution in [0.5, 0.6) is 17.2 Å². The summed E-state index contributed by atoms with van der Waals surface area (Å²) in [6.45, 7) is 1.85. The molecule has 1 aromatic carbocycles. The number of carbonyl (C=O) groups excluding carboxylic acids is 1. The molecule has 0 unspecified atom stereocenters. The van der Waals surface area contributed by atoms with Gasteiger partial charge in [-0.15, -0.1) is 0 Å². The van der Waals surface area contributed by atoms with E-state index in [1.54, 1.807) is 30.3 Å². The molecular formula is C15H15NO4. The molecule has 1 heterocycles. The lowest BCUT2D eigenvalue weighted by Gasteiger charge is -2.12. The third-order valence-electron chi connectivity index (χ3n) is 2.72. The fourth-order valence-corrected chi connectivity index (χ4v) is 1.69. The van der Waals surface area contributed by atoms with Gasteiger partial charge in [0.05, 0.1) is 19.8 Å². The molecule has 104 valence electrons. The summed E-state index contributed by atoms with van der Waals surface area (Å²) in [4.78, 5) is 16.1. The van der Waals surface area contributed by atoms with Crippen LogP contribution in [0, 0.1) is 6.92 Å². The molecular weight excluding hydrogens is 258 g/mol. The maximum Gasteiger partial charge on any atom is 0.345 e. The highest BCUT2D eigenvalue weighted by Gasteiger charge is 2.15. The molecule has 0 bridgehead atoms. The number of esters is 1. The van der Waals surface area contributed by atoms with Gasteiger partial charge in [-0.25, -0.2) is 4.79 Å². The van der Waals surface area contributed by atoms with Crippen LogP contribution < -0.4 is 14.2 Å². The van der Waals surface area contributed by atoms with E-state index in [4.69, 9.17) is 14.2 Å². The number of nitrogens with zero attached hydrogens (tertiary/aromatic N) is 1. The molecule has 1 aromatic heterocycles. The van der Waals surface area contributed by atoms with Crippen molar-refractivity contribution in [3.8, 4) is 17.2 Å². The van der Waals surface area contributed by atoms with Crippen LogP contribution in [0.15, 0.2) is 36.5 Å². The lowest BCUT2D eigenvalue weighted by atomic mass is 10.2. The zero-order chi connectivity index (χ0) is 14.5. The van der Waals surface area contributed by atoms with Crippen LogP contribution in [0.4, 0.5) is 0 Å². The Bertz CT molecular complexity index is 608. The van der Waals surface area contributed by atoms with E-state index >= 15 is 0 Å². The number of pyridine rings is 1. The Kier molecular flexibility index (Phi) is 4.20. The van der Waals surface area contributed by atoms with Crippen molar-refractivity contribution < 1.29 is 19.0 Å². The normalized spacial score (nSPS) is 9.95. The Hall–Kier alpha value is -2.56. The summed E-state index contributed by atoms with van der Waals surface area (Å²) in [7, 11) is 3.01. The van der Waals surface area contributed by atoms with E-state index in [1.807, 2.05) is 6.92 Å². The van der Waals surface area contributed by atoms with Crippen LogP contribution >= 0.6 is 0 Å². The summed E-state index contributed by atoms with van der Waals surface area (Å²) in [5.41, 5.74) is 1.21. The van der Waals surface area contributed by atoms with E-state index in [-0.39, 0.29) is 0 Å². The summed E-state index contributed by atoms with van der Waals surface area (Å²) in [5, 5.41) is 0. The fourth-order valence-electron chi connectivity index (χ4n) is 1.69. The second-order valence-corrected chi connectivity index (χ2v) is 4.07. The Labute approximate surface area is 117 Å². The van der Waals surface area contributed by atoms with E-state index in [9.17, 15) is 4.79 Å². The SMILES string of the molecule is COc1cccc(OC(=O)c2ccc(C)nc2)c1OC. The van der Waals surface area contributed by atoms with Crippen molar-refractivity contribution in [2.75, 3.05) is 14.2 Å². The topological polar surface area (TPSA) is 57.7 Å². The summed E-state index contributed by atoms with van der Waals surface area (Å²) >= 11 is 0. The molecule has 0 aliphatic heterocycles. The highest BCUT2D eigenvalue weighted by atomic mass is 16.6. The molecule has 2 rings (SSSR count). The van der Waals surface area contributed by atoms with Gasteiger partial charge in [-0.3, -0.25) is 4.98 Å². The van der Waals surface area contributed by atoms with Gasteiger partial charge in [0.15, 0.2) is 11.5 Å². The Morgan fingerprint density at radius 2 is 1.80 bits per heavy atom. The van der Waals surface area contributed by atoms with Crippen LogP contribution in [0.25, 0.3) is 0 Å². The number of ether oxygens (including phenoxy) is 3. The molecule has 0 saturated heterocycles. The molecule has 0 N–H and O–H groups in total. The molecule has 2 aromatic rings. The van der Waals surface area contributed by atoms with Gasteiger partial charge < -0.3 is 14.2 Å². The van der Waals surface area contributed by atoms with Gasteiger partial charge in [-0.05, 0) is 31.2 Å². The van der Waals surface area contributed by atoms with Crippen LogP contribution in [0.3, 0.4) is 0 Å². The zero-order valence-corrected chi connectivity index (χ0v) is 11.5. The standard InChI is InChI=1S/C15H15NO4/c1-10-7-8-11(9-16-10)15(17)20-13-6-4-5-12(18-2)14(13)19-3/h4-9H,1-3H3. The van der Waals surface area contributed by atoms with Crippen molar-refractivity contribution in [2.45, 2.75) is 6.92 Å². The summed E-state index contributed by atoms with van der Waals surface area (Å²) in [6.07, 6.45) is 1.48. The Morgan fingerprint density at radius 1 is 1.05 bits per heavy atom. The van der Waals surface area contributed by atoms with E-state index in [0.717, 1.165) is 5.69 Å². The molecule has 0 atom stereocenters. The maximum absolute atomic E-state index is 12.0. The minimum Gasteiger partial charge on any atom is -0.493 e. The van der Waals surface area contributed by atoms with Gasteiger partial charge in [0, 0.05) is 11.9 Å². The molecule has 5 heteroatoms. The molecule has 0 saturated carbocycles. The Balaban J connectivity index is 2.25. The molecule has 0 spiro atoms. The maximum atomic E-state index is 12.0. The lowest BCUT2D eigenvalue weighted by Crippen LogP contribution is -2.10. The van der Waals surface area contributed by atoms with Gasteiger partial charge in [-0.1, -0.05) is 6.07 Å². The van der Waals surface area contributed by atoms with Crippen LogP contribution in [0.1, 0.15) is 16.1 Å². The van der Waals surface area contributed by atoms with Crippen molar-refractivity contribution in [2.24, 2.45) is 0 Å². The number of hydrogen-bond acceptors (Lipinski definition) is 5. The van der Waals surface area contributed by atoms with E-state index in [2.05, 4.69) is 4.98 Å². The molecule has 0 amide bonds. The average molecular weight is 273 g/mol. The molecule has 0 fully saturated rings. The largest absolute Gasteiger partial charge is 0.493 e. The predicted octanol–water partition coefficient (Wildman–Crippen LogP) is 2.63. The number of rotatable bonds is 4. The van der Waals surface area contributed by atoms with Crippen molar-refractivity contribution in [3.63, 3.8) is 0 Å². The lowest BCUT2D eigenvalue weighted by molar-refractivity contribution is 0.0728. The van der Waals surface area contributed by atoms with Gasteiger partial charge in [0.25, 0.3) is 0 Å². The molecule has 0 radical (unpaired) electrons. The highest BCUT2D eigenvalue weighted by Crippen LogP contribution is 2.36. The van der Waals surface area contributed by atoms with E-state index in [0.29, 0.717) is 22.8 Å². The fraction of sp³-hybridized carbons (Fsp3) is 0.200. The number of methoxy groups -OCH3 is 2. The minimum atomic E-state index is -0.496. The number of para-hydroxylation sites is 1. The highest BCUT2D eigenvalue weighted by molar-refractivity contribution is 5.91. The summed E-state index contributed by atoms with van der Waals surface area (Å²) in [6, 6.07) is 8.50. The molecule has 0 aliphatic carbocycles. The Morgan fingerprint density at radius 3 is 2.40 bits per heavy atom. The number of carbonyl (C=O) groups is 1. The van der Waals surface area contributed by atoms with Crippen molar-refractivity contribution in [3.05, 3.63) is 47.8 Å². The third kappa shape index (κ3) is 2.88. The molecule has 0 aliphatic rings. The minimum absolute atomic E-state index is 0.303. The zero-order valence-electron chi connectivity index (χ0n) is 11.5. The monoisotopic (exact) mass is 273 g/mol. The first-order valence-electron chi connectivity index (χ1n) is 6.01. The number of aromatic nitrogens is 1. The van der Waals surface area contributed by atoms with E-state index in [1.165, 1.54) is 20.4 Å². The van der Waals surface area contributed by atoms with Crippen molar-refractivity contribution in [1.29, 1.82) is 0 Å². The van der Waals surface area contributed by atoms with Crippen molar-refractivity contribution >= 4 is 5.97 Å².